The number of aliphatic hydroxyl groups excluding tert-OH is 3. The molecule has 1 saturated heterocycles. The number of rotatable bonds is 25. The normalized spacial score (nSPS) is 19.2. The second-order valence-corrected chi connectivity index (χ2v) is 15.4. The molecule has 322 valence electrons. The van der Waals surface area contributed by atoms with Gasteiger partial charge in [-0.1, -0.05) is 40.7 Å². The number of hydrogen-bond acceptors (Lipinski definition) is 13. The Kier molecular flexibility index (Phi) is 21.2. The predicted octanol–water partition coefficient (Wildman–Crippen LogP) is -4.46. The Morgan fingerprint density at radius 3 is 2.09 bits per heavy atom. The largest absolute Gasteiger partial charge is 0.610 e. The summed E-state index contributed by atoms with van der Waals surface area (Å²) < 4.78 is 13.2. The minimum absolute atomic E-state index is 0.0812. The van der Waals surface area contributed by atoms with E-state index in [1.807, 2.05) is 6.92 Å². The summed E-state index contributed by atoms with van der Waals surface area (Å²) in [5.74, 6) is -8.90. The average Bonchev–Trinajstić information content (AvgIpc) is 3.55. The number of likely N-dealkylation sites (tertiary alicyclic amines) is 1. The first-order valence-electron chi connectivity index (χ1n) is 18.4. The van der Waals surface area contributed by atoms with Gasteiger partial charge in [-0.15, -0.1) is 0 Å². The lowest BCUT2D eigenvalue weighted by atomic mass is 9.95. The van der Waals surface area contributed by atoms with Crippen molar-refractivity contribution < 1.29 is 58.2 Å². The molecule has 13 N–H and O–H groups in total. The third-order valence-corrected chi connectivity index (χ3v) is 10.5. The van der Waals surface area contributed by atoms with E-state index in [1.54, 1.807) is 20.8 Å². The van der Waals surface area contributed by atoms with Crippen molar-refractivity contribution in [3.05, 3.63) is 23.9 Å². The molecule has 8 amide bonds. The third kappa shape index (κ3) is 16.3. The fourth-order valence-electron chi connectivity index (χ4n) is 5.65. The zero-order valence-corrected chi connectivity index (χ0v) is 33.8. The zero-order chi connectivity index (χ0) is 43.7. The van der Waals surface area contributed by atoms with Crippen molar-refractivity contribution in [1.82, 2.24) is 36.8 Å². The van der Waals surface area contributed by atoms with Gasteiger partial charge in [-0.25, -0.2) is 0 Å². The first-order valence-corrected chi connectivity index (χ1v) is 19.7. The van der Waals surface area contributed by atoms with E-state index in [0.29, 0.717) is 12.1 Å². The molecule has 1 aliphatic heterocycles. The van der Waals surface area contributed by atoms with Crippen LogP contribution in [0.15, 0.2) is 23.9 Å². The number of aliphatic hydroxyl groups is 3. The maximum absolute atomic E-state index is 14.0. The Labute approximate surface area is 334 Å². The summed E-state index contributed by atoms with van der Waals surface area (Å²) >= 11 is -2.06. The predicted molar refractivity (Wildman–Crippen MR) is 207 cm³/mol. The quantitative estimate of drug-likeness (QED) is 0.0388. The van der Waals surface area contributed by atoms with Crippen molar-refractivity contribution >= 4 is 58.4 Å². The number of β-amino-alcohol motifs (C(OH)–C–C–N with tert-alkyl or cyclic N) is 1. The highest BCUT2D eigenvalue weighted by molar-refractivity contribution is 7.95. The summed E-state index contributed by atoms with van der Waals surface area (Å²) in [6.07, 6.45) is -3.27. The van der Waals surface area contributed by atoms with Crippen LogP contribution in [-0.4, -0.2) is 140 Å². The first-order chi connectivity index (χ1) is 26.6. The number of allylic oxidation sites excluding steroid dienone is 1. The second kappa shape index (κ2) is 24.1. The van der Waals surface area contributed by atoms with Gasteiger partial charge < -0.3 is 68.1 Å². The van der Waals surface area contributed by atoms with Crippen LogP contribution in [0.2, 0.25) is 0 Å². The van der Waals surface area contributed by atoms with Crippen molar-refractivity contribution in [2.45, 2.75) is 109 Å². The van der Waals surface area contributed by atoms with E-state index in [4.69, 9.17) is 11.5 Å². The molecule has 21 nitrogen and oxygen atoms in total. The molecule has 0 bridgehead atoms. The molecule has 0 radical (unpaired) electrons. The molecule has 0 aromatic heterocycles. The summed E-state index contributed by atoms with van der Waals surface area (Å²) in [7, 11) is 0. The standard InChI is InChI=1S/C35H59N9O12S/c1-8-18(5)29(42-27(49)9-2)34(54)38-13-28(50)40-23(16-57(56)20(7)39-17(3)4)32(52)41-22(10-11-26(36)48)35(55)44-14-21(46)12-24(44)33(53)43-30(31(37)51)19(6)25(47)15-45/h18-19,21-25,29-30,39,45-47H,3,7-16H2,1-2,4-6H3,(H2,36,48)(H2,37,51)(H,38,54)(H,40,50)(H,41,52)(H,42,49)(H,43,53)/t18-,19-,21+,22-,23-,24-,25-,29-,30-,57?/m0/s1. The Hall–Kier alpha value is -4.77. The van der Waals surface area contributed by atoms with E-state index in [9.17, 15) is 58.2 Å². The Morgan fingerprint density at radius 2 is 1.56 bits per heavy atom. The van der Waals surface area contributed by atoms with Gasteiger partial charge in [0.2, 0.25) is 52.3 Å². The van der Waals surface area contributed by atoms with Crippen LogP contribution in [0.4, 0.5) is 0 Å². The van der Waals surface area contributed by atoms with Gasteiger partial charge in [0, 0.05) is 48.6 Å². The highest BCUT2D eigenvalue weighted by atomic mass is 32.2. The van der Waals surface area contributed by atoms with Crippen LogP contribution >= 0.6 is 0 Å². The number of carbonyl (C=O) groups excluding carboxylic acids is 8. The maximum Gasteiger partial charge on any atom is 0.248 e. The highest BCUT2D eigenvalue weighted by Gasteiger charge is 2.44. The van der Waals surface area contributed by atoms with Gasteiger partial charge >= 0.3 is 0 Å². The highest BCUT2D eigenvalue weighted by Crippen LogP contribution is 2.22. The van der Waals surface area contributed by atoms with Crippen molar-refractivity contribution in [2.75, 3.05) is 25.4 Å². The number of nitrogens with one attached hydrogen (secondary N) is 6. The lowest BCUT2D eigenvalue weighted by Gasteiger charge is -2.31. The number of hydrogen-bond donors (Lipinski definition) is 11. The second-order valence-electron chi connectivity index (χ2n) is 13.9. The monoisotopic (exact) mass is 829 g/mol. The number of amides is 8. The van der Waals surface area contributed by atoms with Crippen molar-refractivity contribution in [2.24, 2.45) is 23.3 Å². The Morgan fingerprint density at radius 1 is 0.930 bits per heavy atom. The molecule has 0 saturated carbocycles. The fraction of sp³-hybridized carbons (Fsp3) is 0.657. The SMILES string of the molecule is C=C(C)NC(=C)[S+]([O-])C[C@H](NC(=O)CNC(=O)[C@@H](NC(=O)CC)[C@@H](C)CC)C(=O)N[C@@H](CCC(N)=O)C(=O)N1C[C@H](O)C[C@H]1C(=O)N[C@H](C(N)=O)[C@@H](C)[C@@H](O)CO. The van der Waals surface area contributed by atoms with E-state index in [2.05, 4.69) is 45.1 Å². The van der Waals surface area contributed by atoms with Gasteiger partial charge in [0.15, 0.2) is 6.04 Å². The maximum atomic E-state index is 14.0. The molecule has 1 aliphatic rings. The number of nitrogens with two attached hydrogens (primary N) is 2. The molecule has 0 spiro atoms. The summed E-state index contributed by atoms with van der Waals surface area (Å²) in [5.41, 5.74) is 11.1. The van der Waals surface area contributed by atoms with Crippen LogP contribution in [0.25, 0.3) is 0 Å². The van der Waals surface area contributed by atoms with Crippen LogP contribution in [0, 0.1) is 11.8 Å². The summed E-state index contributed by atoms with van der Waals surface area (Å²) in [6.45, 7) is 13.5. The number of carbonyl (C=O) groups is 8. The molecule has 0 aromatic carbocycles. The molecule has 0 aliphatic carbocycles. The summed E-state index contributed by atoms with van der Waals surface area (Å²) in [4.78, 5) is 104. The van der Waals surface area contributed by atoms with Crippen molar-refractivity contribution in [3.63, 3.8) is 0 Å². The van der Waals surface area contributed by atoms with E-state index in [1.165, 1.54) is 6.92 Å². The smallest absolute Gasteiger partial charge is 0.248 e. The van der Waals surface area contributed by atoms with Gasteiger partial charge in [0.25, 0.3) is 0 Å². The van der Waals surface area contributed by atoms with Crippen LogP contribution in [0.5, 0.6) is 0 Å². The molecule has 1 rings (SSSR count). The Bertz CT molecular complexity index is 1500. The van der Waals surface area contributed by atoms with Crippen molar-refractivity contribution in [1.29, 1.82) is 0 Å². The van der Waals surface area contributed by atoms with Crippen LogP contribution in [0.1, 0.15) is 66.7 Å². The lowest BCUT2D eigenvalue weighted by molar-refractivity contribution is -0.143. The van der Waals surface area contributed by atoms with Gasteiger partial charge in [-0.2, -0.15) is 0 Å². The summed E-state index contributed by atoms with van der Waals surface area (Å²) in [5, 5.41) is 44.6. The third-order valence-electron chi connectivity index (χ3n) is 9.24. The average molecular weight is 830 g/mol. The minimum Gasteiger partial charge on any atom is -0.610 e. The molecule has 1 fully saturated rings. The molecule has 1 heterocycles. The minimum atomic E-state index is -2.06. The van der Waals surface area contributed by atoms with Crippen LogP contribution < -0.4 is 43.4 Å². The molecule has 22 heteroatoms. The fourth-order valence-corrected chi connectivity index (χ4v) is 6.68. The number of nitrogens with zero attached hydrogens (tertiary/aromatic N) is 1. The topological polar surface area (TPSA) is 348 Å². The molecule has 10 atom stereocenters. The van der Waals surface area contributed by atoms with Crippen molar-refractivity contribution in [3.8, 4) is 0 Å². The van der Waals surface area contributed by atoms with E-state index in [-0.39, 0.29) is 29.7 Å². The molecule has 0 aromatic rings. The first kappa shape index (κ1) is 50.2. The van der Waals surface area contributed by atoms with Gasteiger partial charge in [-0.05, 0) is 25.8 Å². The molecule has 1 unspecified atom stereocenters. The van der Waals surface area contributed by atoms with Gasteiger partial charge in [0.1, 0.15) is 29.9 Å². The van der Waals surface area contributed by atoms with Crippen LogP contribution in [0.3, 0.4) is 0 Å². The zero-order valence-electron chi connectivity index (χ0n) is 33.0. The Balaban J connectivity index is 3.41. The molecular weight excluding hydrogens is 771 g/mol. The van der Waals surface area contributed by atoms with E-state index in [0.717, 1.165) is 4.90 Å². The van der Waals surface area contributed by atoms with E-state index < -0.39 is 139 Å². The molecule has 57 heavy (non-hydrogen) atoms. The number of primary amides is 2. The lowest BCUT2D eigenvalue weighted by Crippen LogP contribution is -2.60. The summed E-state index contributed by atoms with van der Waals surface area (Å²) in [6, 6.07) is -7.18. The van der Waals surface area contributed by atoms with Gasteiger partial charge in [0.05, 0.1) is 25.4 Å². The van der Waals surface area contributed by atoms with Gasteiger partial charge in [-0.3, -0.25) is 38.4 Å². The molecular formula is C35H59N9O12S. The van der Waals surface area contributed by atoms with E-state index >= 15 is 0 Å². The van der Waals surface area contributed by atoms with Crippen LogP contribution in [-0.2, 0) is 49.5 Å².